The number of hydrogen-bond acceptors (Lipinski definition) is 7. The van der Waals surface area contributed by atoms with Crippen molar-refractivity contribution in [3.63, 3.8) is 0 Å². The maximum Gasteiger partial charge on any atom is 0.262 e. The van der Waals surface area contributed by atoms with Crippen LogP contribution in [0.4, 0.5) is 5.13 Å². The Bertz CT molecular complexity index is 1180. The zero-order valence-corrected chi connectivity index (χ0v) is 16.5. The minimum atomic E-state index is -0.213. The Kier molecular flexibility index (Phi) is 5.27. The van der Waals surface area contributed by atoms with Gasteiger partial charge in [0.1, 0.15) is 5.69 Å². The van der Waals surface area contributed by atoms with Crippen molar-refractivity contribution in [1.29, 1.82) is 0 Å². The third-order valence-electron chi connectivity index (χ3n) is 4.00. The minimum absolute atomic E-state index is 0.0981. The van der Waals surface area contributed by atoms with Gasteiger partial charge in [0.2, 0.25) is 5.91 Å². The van der Waals surface area contributed by atoms with E-state index in [0.29, 0.717) is 39.2 Å². The molecule has 0 fully saturated rings. The van der Waals surface area contributed by atoms with Crippen LogP contribution >= 0.6 is 23.1 Å². The van der Waals surface area contributed by atoms with Crippen molar-refractivity contribution in [3.05, 3.63) is 58.4 Å². The van der Waals surface area contributed by atoms with E-state index in [2.05, 4.69) is 15.3 Å². The lowest BCUT2D eigenvalue weighted by Gasteiger charge is -2.10. The largest absolute Gasteiger partial charge is 0.463 e. The van der Waals surface area contributed by atoms with Crippen molar-refractivity contribution in [1.82, 2.24) is 14.5 Å². The van der Waals surface area contributed by atoms with Gasteiger partial charge in [-0.2, -0.15) is 0 Å². The average Bonchev–Trinajstić information content (AvgIpc) is 3.38. The molecule has 7 nitrogen and oxygen atoms in total. The number of carbonyl (C=O) groups is 1. The van der Waals surface area contributed by atoms with Gasteiger partial charge in [-0.3, -0.25) is 14.2 Å². The van der Waals surface area contributed by atoms with Crippen LogP contribution in [-0.4, -0.2) is 26.2 Å². The number of aromatic nitrogens is 3. The van der Waals surface area contributed by atoms with Crippen LogP contribution in [0.15, 0.2) is 62.4 Å². The van der Waals surface area contributed by atoms with E-state index in [-0.39, 0.29) is 17.2 Å². The third-order valence-corrected chi connectivity index (χ3v) is 5.73. The first kappa shape index (κ1) is 18.5. The number of carbonyl (C=O) groups excluding carboxylic acids is 1. The highest BCUT2D eigenvalue weighted by Crippen LogP contribution is 2.25. The van der Waals surface area contributed by atoms with E-state index >= 15 is 0 Å². The Morgan fingerprint density at radius 1 is 1.25 bits per heavy atom. The molecule has 0 radical (unpaired) electrons. The summed E-state index contributed by atoms with van der Waals surface area (Å²) in [5.41, 5.74) is 1.20. The van der Waals surface area contributed by atoms with Gasteiger partial charge in [-0.25, -0.2) is 9.97 Å². The van der Waals surface area contributed by atoms with Crippen molar-refractivity contribution in [3.8, 4) is 11.5 Å². The molecule has 0 aliphatic heterocycles. The summed E-state index contributed by atoms with van der Waals surface area (Å²) < 4.78 is 6.88. The normalized spacial score (nSPS) is 11.0. The highest BCUT2D eigenvalue weighted by atomic mass is 32.2. The molecule has 9 heteroatoms. The number of hydrogen-bond donors (Lipinski definition) is 1. The molecule has 0 aliphatic rings. The molecule has 1 N–H and O–H groups in total. The molecule has 3 aromatic heterocycles. The predicted molar refractivity (Wildman–Crippen MR) is 111 cm³/mol. The molecule has 0 spiro atoms. The van der Waals surface area contributed by atoms with Crippen LogP contribution in [0.25, 0.3) is 22.4 Å². The number of furan rings is 1. The van der Waals surface area contributed by atoms with Crippen molar-refractivity contribution in [2.75, 3.05) is 11.1 Å². The Hall–Kier alpha value is -2.91. The van der Waals surface area contributed by atoms with E-state index < -0.39 is 0 Å². The molecule has 4 aromatic rings. The fraction of sp³-hybridized carbons (Fsp3) is 0.158. The van der Waals surface area contributed by atoms with Gasteiger partial charge in [0.15, 0.2) is 16.0 Å². The lowest BCUT2D eigenvalue weighted by molar-refractivity contribution is -0.113. The van der Waals surface area contributed by atoms with Gasteiger partial charge in [0, 0.05) is 11.9 Å². The second kappa shape index (κ2) is 7.99. The first-order chi connectivity index (χ1) is 13.7. The van der Waals surface area contributed by atoms with Gasteiger partial charge in [-0.05, 0) is 31.2 Å². The summed E-state index contributed by atoms with van der Waals surface area (Å²) in [7, 11) is 0. The molecule has 0 aliphatic carbocycles. The summed E-state index contributed by atoms with van der Waals surface area (Å²) in [4.78, 5) is 33.8. The van der Waals surface area contributed by atoms with Crippen molar-refractivity contribution in [2.45, 2.75) is 18.6 Å². The van der Waals surface area contributed by atoms with Crippen LogP contribution in [0.1, 0.15) is 6.92 Å². The van der Waals surface area contributed by atoms with Crippen molar-refractivity contribution >= 4 is 45.0 Å². The molecule has 0 atom stereocenters. The molecular weight excluding hydrogens is 396 g/mol. The second-order valence-corrected chi connectivity index (χ2v) is 7.61. The lowest BCUT2D eigenvalue weighted by Crippen LogP contribution is -2.23. The van der Waals surface area contributed by atoms with Gasteiger partial charge in [0.05, 0.1) is 22.9 Å². The Morgan fingerprint density at radius 2 is 2.11 bits per heavy atom. The van der Waals surface area contributed by atoms with E-state index in [9.17, 15) is 9.59 Å². The average molecular weight is 412 g/mol. The van der Waals surface area contributed by atoms with Gasteiger partial charge < -0.3 is 9.73 Å². The van der Waals surface area contributed by atoms with E-state index in [0.717, 1.165) is 0 Å². The molecule has 3 heterocycles. The maximum absolute atomic E-state index is 12.6. The second-order valence-electron chi connectivity index (χ2n) is 5.81. The highest BCUT2D eigenvalue weighted by molar-refractivity contribution is 7.99. The molecular formula is C19H16N4O3S2. The van der Waals surface area contributed by atoms with Crippen LogP contribution < -0.4 is 10.9 Å². The molecule has 0 saturated carbocycles. The monoisotopic (exact) mass is 412 g/mol. The fourth-order valence-corrected chi connectivity index (χ4v) is 4.27. The fourth-order valence-electron chi connectivity index (χ4n) is 2.69. The van der Waals surface area contributed by atoms with Crippen molar-refractivity contribution < 1.29 is 9.21 Å². The molecule has 0 unspecified atom stereocenters. The van der Waals surface area contributed by atoms with Crippen LogP contribution in [0.2, 0.25) is 0 Å². The van der Waals surface area contributed by atoms with E-state index in [4.69, 9.17) is 4.42 Å². The minimum Gasteiger partial charge on any atom is -0.463 e. The molecule has 28 heavy (non-hydrogen) atoms. The SMILES string of the molecule is CCn1c(SCC(=O)Nc2nc(-c3ccco3)cs2)nc2ccccc2c1=O. The first-order valence-electron chi connectivity index (χ1n) is 8.57. The molecule has 1 amide bonds. The number of rotatable bonds is 6. The topological polar surface area (TPSA) is 90.0 Å². The summed E-state index contributed by atoms with van der Waals surface area (Å²) in [6.45, 7) is 2.37. The summed E-state index contributed by atoms with van der Waals surface area (Å²) in [5, 5.41) is 6.19. The number of anilines is 1. The smallest absolute Gasteiger partial charge is 0.262 e. The number of fused-ring (bicyclic) bond motifs is 1. The standard InChI is InChI=1S/C19H16N4O3S2/c1-2-23-17(25)12-6-3-4-7-13(12)21-19(23)28-11-16(24)22-18-20-14(10-27-18)15-8-5-9-26-15/h3-10H,2,11H2,1H3,(H,20,22,24). The summed E-state index contributed by atoms with van der Waals surface area (Å²) in [5.74, 6) is 0.564. The third kappa shape index (κ3) is 3.71. The number of thiazole rings is 1. The Morgan fingerprint density at radius 3 is 2.89 bits per heavy atom. The molecule has 4 rings (SSSR count). The number of benzene rings is 1. The van der Waals surface area contributed by atoms with E-state index in [1.165, 1.54) is 23.1 Å². The summed E-state index contributed by atoms with van der Waals surface area (Å²) >= 11 is 2.56. The van der Waals surface area contributed by atoms with Crippen LogP contribution in [0.5, 0.6) is 0 Å². The zero-order valence-electron chi connectivity index (χ0n) is 14.9. The lowest BCUT2D eigenvalue weighted by atomic mass is 10.2. The summed E-state index contributed by atoms with van der Waals surface area (Å²) in [6, 6.07) is 10.8. The number of thioether (sulfide) groups is 1. The van der Waals surface area contributed by atoms with Gasteiger partial charge in [0.25, 0.3) is 5.56 Å². The van der Waals surface area contributed by atoms with Crippen molar-refractivity contribution in [2.24, 2.45) is 0 Å². The summed E-state index contributed by atoms with van der Waals surface area (Å²) in [6.07, 6.45) is 1.58. The maximum atomic E-state index is 12.6. The number of para-hydroxylation sites is 1. The molecule has 0 bridgehead atoms. The zero-order chi connectivity index (χ0) is 19.5. The van der Waals surface area contributed by atoms with Gasteiger partial charge in [-0.15, -0.1) is 11.3 Å². The first-order valence-corrected chi connectivity index (χ1v) is 10.4. The van der Waals surface area contributed by atoms with E-state index in [1.807, 2.05) is 30.5 Å². The molecule has 142 valence electrons. The predicted octanol–water partition coefficient (Wildman–Crippen LogP) is 3.86. The Labute approximate surface area is 168 Å². The highest BCUT2D eigenvalue weighted by Gasteiger charge is 2.14. The number of amides is 1. The Balaban J connectivity index is 1.47. The van der Waals surface area contributed by atoms with Gasteiger partial charge in [-0.1, -0.05) is 23.9 Å². The molecule has 1 aromatic carbocycles. The van der Waals surface area contributed by atoms with Crippen LogP contribution in [0, 0.1) is 0 Å². The quantitative estimate of drug-likeness (QED) is 0.382. The number of nitrogens with one attached hydrogen (secondary N) is 1. The van der Waals surface area contributed by atoms with E-state index in [1.54, 1.807) is 29.0 Å². The number of nitrogens with zero attached hydrogens (tertiary/aromatic N) is 3. The van der Waals surface area contributed by atoms with Gasteiger partial charge >= 0.3 is 0 Å². The van der Waals surface area contributed by atoms with Crippen LogP contribution in [0.3, 0.4) is 0 Å². The molecule has 0 saturated heterocycles. The van der Waals surface area contributed by atoms with Crippen LogP contribution in [-0.2, 0) is 11.3 Å².